The molecule has 53 heavy (non-hydrogen) atoms. The number of nitrogens with one attached hydrogen (secondary N) is 3. The van der Waals surface area contributed by atoms with E-state index in [0.29, 0.717) is 22.3 Å². The Morgan fingerprint density at radius 1 is 0.774 bits per heavy atom. The first-order valence-electron chi connectivity index (χ1n) is 17.0. The van der Waals surface area contributed by atoms with Crippen molar-refractivity contribution in [3.05, 3.63) is 167 Å². The number of hydrogen-bond donors (Lipinski definition) is 3. The van der Waals surface area contributed by atoms with Crippen molar-refractivity contribution in [2.75, 3.05) is 17.7 Å². The van der Waals surface area contributed by atoms with Crippen molar-refractivity contribution in [3.63, 3.8) is 0 Å². The van der Waals surface area contributed by atoms with Gasteiger partial charge in [-0.3, -0.25) is 14.4 Å². The van der Waals surface area contributed by atoms with Crippen LogP contribution in [0.4, 0.5) is 10.8 Å². The summed E-state index contributed by atoms with van der Waals surface area (Å²) in [5.74, 6) is -0.00972. The van der Waals surface area contributed by atoms with Gasteiger partial charge in [-0.15, -0.1) is 23.1 Å². The smallest absolute Gasteiger partial charge is 0.272 e. The summed E-state index contributed by atoms with van der Waals surface area (Å²) in [6.07, 6.45) is 1.66. The van der Waals surface area contributed by atoms with E-state index < -0.39 is 17.1 Å². The highest BCUT2D eigenvalue weighted by Crippen LogP contribution is 2.38. The van der Waals surface area contributed by atoms with E-state index in [2.05, 4.69) is 34.8 Å². The van der Waals surface area contributed by atoms with E-state index in [1.54, 1.807) is 43.5 Å². The minimum Gasteiger partial charge on any atom is -0.497 e. The molecule has 6 aromatic rings. The fourth-order valence-corrected chi connectivity index (χ4v) is 7.17. The van der Waals surface area contributed by atoms with Gasteiger partial charge in [0, 0.05) is 27.1 Å². The van der Waals surface area contributed by atoms with Crippen LogP contribution in [0, 0.1) is 0 Å². The summed E-state index contributed by atoms with van der Waals surface area (Å²) in [7, 11) is 1.62. The lowest BCUT2D eigenvalue weighted by Gasteiger charge is -2.17. The number of thioether (sulfide) groups is 1. The van der Waals surface area contributed by atoms with Gasteiger partial charge in [0.2, 0.25) is 5.91 Å². The van der Waals surface area contributed by atoms with Crippen molar-refractivity contribution >= 4 is 57.7 Å². The van der Waals surface area contributed by atoms with Crippen LogP contribution in [0.2, 0.25) is 0 Å². The van der Waals surface area contributed by atoms with E-state index in [4.69, 9.17) is 4.74 Å². The average molecular weight is 739 g/mol. The van der Waals surface area contributed by atoms with Gasteiger partial charge >= 0.3 is 0 Å². The van der Waals surface area contributed by atoms with Gasteiger partial charge in [0.05, 0.1) is 12.8 Å². The largest absolute Gasteiger partial charge is 0.497 e. The monoisotopic (exact) mass is 738 g/mol. The Bertz CT molecular complexity index is 2200. The molecule has 10 heteroatoms. The molecule has 1 atom stereocenters. The number of carbonyl (C=O) groups is 3. The minimum atomic E-state index is -0.620. The highest BCUT2D eigenvalue weighted by Gasteiger charge is 2.24. The number of rotatable bonds is 13. The van der Waals surface area contributed by atoms with E-state index in [-0.39, 0.29) is 11.6 Å². The molecule has 6 rings (SSSR count). The van der Waals surface area contributed by atoms with Crippen molar-refractivity contribution in [1.82, 2.24) is 10.3 Å². The number of methoxy groups -OCH3 is 1. The number of nitrogens with zero attached hydrogens (tertiary/aromatic N) is 1. The maximum absolute atomic E-state index is 13.9. The van der Waals surface area contributed by atoms with Gasteiger partial charge in [-0.25, -0.2) is 4.98 Å². The number of anilines is 2. The number of hydrogen-bond acceptors (Lipinski definition) is 7. The highest BCUT2D eigenvalue weighted by molar-refractivity contribution is 8.00. The van der Waals surface area contributed by atoms with Crippen LogP contribution in [0.15, 0.2) is 149 Å². The average Bonchev–Trinajstić information content (AvgIpc) is 3.66. The molecule has 0 fully saturated rings. The van der Waals surface area contributed by atoms with Crippen LogP contribution in [0.5, 0.6) is 5.75 Å². The molecule has 0 saturated heterocycles. The molecular weight excluding hydrogens is 701 g/mol. The van der Waals surface area contributed by atoms with Gasteiger partial charge in [0.25, 0.3) is 11.8 Å². The molecule has 1 unspecified atom stereocenters. The van der Waals surface area contributed by atoms with Crippen LogP contribution in [-0.4, -0.2) is 29.8 Å². The van der Waals surface area contributed by atoms with E-state index in [0.717, 1.165) is 33.0 Å². The zero-order chi connectivity index (χ0) is 37.2. The van der Waals surface area contributed by atoms with Crippen LogP contribution in [0.1, 0.15) is 52.1 Å². The van der Waals surface area contributed by atoms with Gasteiger partial charge in [0.1, 0.15) is 16.7 Å². The van der Waals surface area contributed by atoms with E-state index >= 15 is 0 Å². The molecule has 1 heterocycles. The maximum atomic E-state index is 13.9. The Morgan fingerprint density at radius 3 is 2.15 bits per heavy atom. The highest BCUT2D eigenvalue weighted by atomic mass is 32.2. The molecular formula is C43H38N4O4S2. The summed E-state index contributed by atoms with van der Waals surface area (Å²) in [5, 5.41) is 10.5. The SMILES string of the molecule is COc1ccc(-c2csc(NC(=O)C(Sc3cccc(NC(=O)/C(=C\c4ccc(C(C)C)cc4)NC(=O)c4ccccc4)c3)c3ccccc3)n2)cc1. The number of carbonyl (C=O) groups excluding carboxylic acids is 3. The predicted molar refractivity (Wildman–Crippen MR) is 215 cm³/mol. The molecule has 0 spiro atoms. The van der Waals surface area contributed by atoms with Gasteiger partial charge in [-0.2, -0.15) is 0 Å². The lowest BCUT2D eigenvalue weighted by Crippen LogP contribution is -2.30. The Balaban J connectivity index is 1.20. The zero-order valence-corrected chi connectivity index (χ0v) is 31.0. The normalized spacial score (nSPS) is 11.8. The quantitative estimate of drug-likeness (QED) is 0.0804. The van der Waals surface area contributed by atoms with Crippen LogP contribution in [0.25, 0.3) is 17.3 Å². The third kappa shape index (κ3) is 9.88. The van der Waals surface area contributed by atoms with Crippen LogP contribution in [0.3, 0.4) is 0 Å². The third-order valence-corrected chi connectivity index (χ3v) is 10.3. The number of amides is 3. The topological polar surface area (TPSA) is 109 Å². The first-order valence-corrected chi connectivity index (χ1v) is 18.7. The lowest BCUT2D eigenvalue weighted by molar-refractivity contribution is -0.116. The van der Waals surface area contributed by atoms with Gasteiger partial charge in [-0.1, -0.05) is 92.7 Å². The third-order valence-electron chi connectivity index (χ3n) is 8.25. The molecule has 5 aromatic carbocycles. The fourth-order valence-electron chi connectivity index (χ4n) is 5.37. The Kier molecular flexibility index (Phi) is 12.2. The molecule has 0 aliphatic heterocycles. The summed E-state index contributed by atoms with van der Waals surface area (Å²) >= 11 is 2.71. The second kappa shape index (κ2) is 17.5. The number of ether oxygens (including phenoxy) is 1. The predicted octanol–water partition coefficient (Wildman–Crippen LogP) is 9.82. The molecule has 0 saturated carbocycles. The number of aromatic nitrogens is 1. The van der Waals surface area contributed by atoms with Crippen molar-refractivity contribution in [3.8, 4) is 17.0 Å². The Morgan fingerprint density at radius 2 is 1.47 bits per heavy atom. The molecule has 0 aliphatic carbocycles. The zero-order valence-electron chi connectivity index (χ0n) is 29.4. The lowest BCUT2D eigenvalue weighted by atomic mass is 10.0. The summed E-state index contributed by atoms with van der Waals surface area (Å²) in [6, 6.07) is 41.0. The van der Waals surface area contributed by atoms with Crippen LogP contribution in [-0.2, 0) is 9.59 Å². The molecule has 3 N–H and O–H groups in total. The standard InChI is InChI=1S/C43H38N4O4S2/c1-28(2)30-19-17-29(18-20-30)25-37(45-40(48)33-13-8-5-9-14-33)41(49)44-34-15-10-16-36(26-34)53-39(32-11-6-4-7-12-32)42(50)47-43-46-38(27-52-43)31-21-23-35(51-3)24-22-31/h4-28,39H,1-3H3,(H,44,49)(H,45,48)(H,46,47,50)/b37-25+. The second-order valence-electron chi connectivity index (χ2n) is 12.3. The molecule has 1 aromatic heterocycles. The van der Waals surface area contributed by atoms with Crippen LogP contribution < -0.4 is 20.7 Å². The molecule has 3 amide bonds. The molecule has 0 bridgehead atoms. The summed E-state index contributed by atoms with van der Waals surface area (Å²) in [6.45, 7) is 4.23. The van der Waals surface area contributed by atoms with Crippen molar-refractivity contribution < 1.29 is 19.1 Å². The van der Waals surface area contributed by atoms with Gasteiger partial charge in [0.15, 0.2) is 5.13 Å². The Hall–Kier alpha value is -5.97. The molecule has 8 nitrogen and oxygen atoms in total. The fraction of sp³-hybridized carbons (Fsp3) is 0.116. The first kappa shape index (κ1) is 36.8. The summed E-state index contributed by atoms with van der Waals surface area (Å²) in [4.78, 5) is 46.2. The van der Waals surface area contributed by atoms with Gasteiger partial charge in [-0.05, 0) is 83.3 Å². The minimum absolute atomic E-state index is 0.0909. The Labute approximate surface area is 317 Å². The van der Waals surface area contributed by atoms with Gasteiger partial charge < -0.3 is 20.7 Å². The van der Waals surface area contributed by atoms with E-state index in [1.165, 1.54) is 28.7 Å². The maximum Gasteiger partial charge on any atom is 0.272 e. The van der Waals surface area contributed by atoms with Crippen molar-refractivity contribution in [1.29, 1.82) is 0 Å². The number of benzene rings is 5. The molecule has 0 aliphatic rings. The van der Waals surface area contributed by atoms with Crippen LogP contribution >= 0.6 is 23.1 Å². The second-order valence-corrected chi connectivity index (χ2v) is 14.4. The van der Waals surface area contributed by atoms with E-state index in [1.807, 2.05) is 109 Å². The van der Waals surface area contributed by atoms with Crippen molar-refractivity contribution in [2.45, 2.75) is 29.9 Å². The summed E-state index contributed by atoms with van der Waals surface area (Å²) < 4.78 is 5.26. The van der Waals surface area contributed by atoms with Crippen molar-refractivity contribution in [2.24, 2.45) is 0 Å². The number of thiazole rings is 1. The first-order chi connectivity index (χ1) is 25.7. The summed E-state index contributed by atoms with van der Waals surface area (Å²) in [5.41, 5.74) is 5.44. The molecule has 266 valence electrons. The molecule has 0 radical (unpaired) electrons. The van der Waals surface area contributed by atoms with E-state index in [9.17, 15) is 14.4 Å².